The molecule has 20 heavy (non-hydrogen) atoms. The molecule has 1 fully saturated rings. The van der Waals surface area contributed by atoms with Gasteiger partial charge in [0.2, 0.25) is 0 Å². The molecule has 2 heterocycles. The van der Waals surface area contributed by atoms with Gasteiger partial charge in [0.25, 0.3) is 0 Å². The fourth-order valence-corrected chi connectivity index (χ4v) is 3.36. The molecule has 2 rings (SSSR count). The van der Waals surface area contributed by atoms with Crippen LogP contribution in [0.1, 0.15) is 24.7 Å². The van der Waals surface area contributed by atoms with Crippen molar-refractivity contribution in [3.8, 4) is 0 Å². The number of likely N-dealkylation sites (tertiary alicyclic amines) is 1. The number of ether oxygens (including phenoxy) is 1. The van der Waals surface area contributed by atoms with Gasteiger partial charge in [0, 0.05) is 26.6 Å². The third kappa shape index (κ3) is 2.89. The number of methoxy groups -OCH3 is 1. The van der Waals surface area contributed by atoms with E-state index in [1.54, 1.807) is 0 Å². The zero-order valence-corrected chi connectivity index (χ0v) is 13.6. The van der Waals surface area contributed by atoms with Crippen LogP contribution in [0.15, 0.2) is 4.47 Å². The Morgan fingerprint density at radius 2 is 2.30 bits per heavy atom. The molecule has 6 nitrogen and oxygen atoms in total. The molecule has 0 radical (unpaired) electrons. The lowest BCUT2D eigenvalue weighted by Crippen LogP contribution is -2.37. The van der Waals surface area contributed by atoms with Gasteiger partial charge in [-0.3, -0.25) is 14.4 Å². The number of halogens is 1. The molecule has 2 unspecified atom stereocenters. The van der Waals surface area contributed by atoms with Gasteiger partial charge in [-0.05, 0) is 22.4 Å². The Labute approximate surface area is 126 Å². The Balaban J connectivity index is 2.20. The average molecular weight is 346 g/mol. The van der Waals surface area contributed by atoms with Crippen LogP contribution in [0.2, 0.25) is 0 Å². The molecule has 0 aromatic carbocycles. The smallest absolute Gasteiger partial charge is 0.323 e. The lowest BCUT2D eigenvalue weighted by Gasteiger charge is -2.22. The molecule has 7 heteroatoms. The summed E-state index contributed by atoms with van der Waals surface area (Å²) in [7, 11) is 3.26. The molecule has 0 saturated carbocycles. The minimum Gasteiger partial charge on any atom is -0.468 e. The molecular formula is C13H20BrN3O3. The number of aryl methyl sites for hydroxylation is 2. The van der Waals surface area contributed by atoms with Gasteiger partial charge in [-0.1, -0.05) is 6.92 Å². The summed E-state index contributed by atoms with van der Waals surface area (Å²) in [5.74, 6) is -0.296. The number of rotatable bonds is 4. The number of β-amino-alcohol motifs (C(OH)–C–C–N with tert-alkyl or cyclic N) is 1. The van der Waals surface area contributed by atoms with Crippen LogP contribution in [0.4, 0.5) is 0 Å². The fourth-order valence-electron chi connectivity index (χ4n) is 2.62. The summed E-state index contributed by atoms with van der Waals surface area (Å²) in [5.41, 5.74) is 2.00. The zero-order valence-electron chi connectivity index (χ0n) is 12.0. The van der Waals surface area contributed by atoms with Crippen LogP contribution in [0.25, 0.3) is 0 Å². The van der Waals surface area contributed by atoms with Crippen molar-refractivity contribution in [2.75, 3.05) is 13.7 Å². The lowest BCUT2D eigenvalue weighted by molar-refractivity contribution is -0.146. The highest BCUT2D eigenvalue weighted by atomic mass is 79.9. The molecule has 0 bridgehead atoms. The Kier molecular flexibility index (Phi) is 4.82. The first kappa shape index (κ1) is 15.5. The van der Waals surface area contributed by atoms with Crippen molar-refractivity contribution in [1.82, 2.24) is 14.7 Å². The highest BCUT2D eigenvalue weighted by Crippen LogP contribution is 2.27. The van der Waals surface area contributed by atoms with Crippen molar-refractivity contribution in [2.45, 2.75) is 38.5 Å². The average Bonchev–Trinajstić information content (AvgIpc) is 2.92. The van der Waals surface area contributed by atoms with E-state index < -0.39 is 6.10 Å². The molecule has 112 valence electrons. The van der Waals surface area contributed by atoms with Gasteiger partial charge in [-0.2, -0.15) is 5.10 Å². The molecule has 2 atom stereocenters. The molecule has 0 spiro atoms. The Hall–Kier alpha value is -0.920. The minimum atomic E-state index is -0.489. The minimum absolute atomic E-state index is 0.296. The van der Waals surface area contributed by atoms with Gasteiger partial charge in [0.1, 0.15) is 6.04 Å². The Bertz CT molecular complexity index is 503. The number of carbonyl (C=O) groups excluding carboxylic acids is 1. The summed E-state index contributed by atoms with van der Waals surface area (Å²) in [6, 6.07) is -0.387. The third-order valence-electron chi connectivity index (χ3n) is 3.71. The second-order valence-electron chi connectivity index (χ2n) is 5.04. The number of carbonyl (C=O) groups is 1. The highest BCUT2D eigenvalue weighted by Gasteiger charge is 2.37. The first-order chi connectivity index (χ1) is 9.47. The van der Waals surface area contributed by atoms with Crippen LogP contribution in [-0.4, -0.2) is 51.6 Å². The number of esters is 1. The standard InChI is InChI=1S/C13H20BrN3O3/c1-4-9-12(14)11(16(2)15-9)7-17-6-8(18)5-10(17)13(19)20-3/h8,10,18H,4-7H2,1-3H3. The first-order valence-electron chi connectivity index (χ1n) is 6.68. The normalized spacial score (nSPS) is 23.2. The molecule has 1 N–H and O–H groups in total. The van der Waals surface area contributed by atoms with E-state index in [1.807, 2.05) is 23.6 Å². The second-order valence-corrected chi connectivity index (χ2v) is 5.84. The lowest BCUT2D eigenvalue weighted by atomic mass is 10.2. The Morgan fingerprint density at radius 3 is 2.85 bits per heavy atom. The van der Waals surface area contributed by atoms with Crippen molar-refractivity contribution in [1.29, 1.82) is 0 Å². The first-order valence-corrected chi connectivity index (χ1v) is 7.47. The molecular weight excluding hydrogens is 326 g/mol. The summed E-state index contributed by atoms with van der Waals surface area (Å²) < 4.78 is 7.61. The SMILES string of the molecule is CCc1nn(C)c(CN2CC(O)CC2C(=O)OC)c1Br. The largest absolute Gasteiger partial charge is 0.468 e. The molecule has 0 amide bonds. The van der Waals surface area contributed by atoms with E-state index >= 15 is 0 Å². The van der Waals surface area contributed by atoms with E-state index in [0.717, 1.165) is 22.3 Å². The summed E-state index contributed by atoms with van der Waals surface area (Å²) in [6.45, 7) is 3.08. The molecule has 1 aliphatic rings. The van der Waals surface area contributed by atoms with E-state index in [4.69, 9.17) is 4.74 Å². The van der Waals surface area contributed by atoms with E-state index in [2.05, 4.69) is 21.0 Å². The van der Waals surface area contributed by atoms with Crippen LogP contribution in [0.5, 0.6) is 0 Å². The monoisotopic (exact) mass is 345 g/mol. The zero-order chi connectivity index (χ0) is 14.9. The highest BCUT2D eigenvalue weighted by molar-refractivity contribution is 9.10. The number of hydrogen-bond acceptors (Lipinski definition) is 5. The van der Waals surface area contributed by atoms with Crippen LogP contribution in [-0.2, 0) is 29.5 Å². The molecule has 1 saturated heterocycles. The topological polar surface area (TPSA) is 67.6 Å². The van der Waals surface area contributed by atoms with Gasteiger partial charge < -0.3 is 9.84 Å². The molecule has 1 aromatic heterocycles. The summed E-state index contributed by atoms with van der Waals surface area (Å²) in [4.78, 5) is 13.7. The predicted molar refractivity (Wildman–Crippen MR) is 77.1 cm³/mol. The van der Waals surface area contributed by atoms with Crippen molar-refractivity contribution in [3.05, 3.63) is 15.9 Å². The number of hydrogen-bond donors (Lipinski definition) is 1. The van der Waals surface area contributed by atoms with Gasteiger partial charge in [-0.25, -0.2) is 0 Å². The number of aliphatic hydroxyl groups excluding tert-OH is 1. The second kappa shape index (κ2) is 6.24. The maximum Gasteiger partial charge on any atom is 0.323 e. The van der Waals surface area contributed by atoms with Crippen molar-refractivity contribution < 1.29 is 14.6 Å². The van der Waals surface area contributed by atoms with Crippen LogP contribution in [0, 0.1) is 0 Å². The third-order valence-corrected chi connectivity index (χ3v) is 4.63. The quantitative estimate of drug-likeness (QED) is 0.819. The van der Waals surface area contributed by atoms with Gasteiger partial charge >= 0.3 is 5.97 Å². The predicted octanol–water partition coefficient (Wildman–Crippen LogP) is 0.853. The van der Waals surface area contributed by atoms with Crippen molar-refractivity contribution in [2.24, 2.45) is 7.05 Å². The molecule has 0 aliphatic carbocycles. The number of nitrogens with zero attached hydrogens (tertiary/aromatic N) is 3. The maximum absolute atomic E-state index is 11.8. The van der Waals surface area contributed by atoms with Crippen LogP contribution < -0.4 is 0 Å². The summed E-state index contributed by atoms with van der Waals surface area (Å²) in [6.07, 6.45) is 0.775. The van der Waals surface area contributed by atoms with E-state index in [9.17, 15) is 9.90 Å². The molecule has 1 aliphatic heterocycles. The van der Waals surface area contributed by atoms with E-state index in [-0.39, 0.29) is 12.0 Å². The van der Waals surface area contributed by atoms with Crippen molar-refractivity contribution in [3.63, 3.8) is 0 Å². The van der Waals surface area contributed by atoms with Gasteiger partial charge in [-0.15, -0.1) is 0 Å². The van der Waals surface area contributed by atoms with Crippen LogP contribution in [0.3, 0.4) is 0 Å². The molecule has 1 aromatic rings. The van der Waals surface area contributed by atoms with Gasteiger partial charge in [0.15, 0.2) is 0 Å². The van der Waals surface area contributed by atoms with E-state index in [0.29, 0.717) is 19.5 Å². The Morgan fingerprint density at radius 1 is 1.60 bits per heavy atom. The van der Waals surface area contributed by atoms with Gasteiger partial charge in [0.05, 0.1) is 29.1 Å². The van der Waals surface area contributed by atoms with E-state index in [1.165, 1.54) is 7.11 Å². The van der Waals surface area contributed by atoms with Crippen LogP contribution >= 0.6 is 15.9 Å². The summed E-state index contributed by atoms with van der Waals surface area (Å²) >= 11 is 3.57. The maximum atomic E-state index is 11.8. The number of aromatic nitrogens is 2. The fraction of sp³-hybridized carbons (Fsp3) is 0.692. The van der Waals surface area contributed by atoms with Crippen molar-refractivity contribution >= 4 is 21.9 Å². The number of aliphatic hydroxyl groups is 1. The summed E-state index contributed by atoms with van der Waals surface area (Å²) in [5, 5.41) is 14.2.